The molecule has 3 aromatic heterocycles. The molecule has 1 N–H and O–H groups in total. The molecule has 2 aliphatic rings. The number of aryl methyl sites for hydroxylation is 2. The van der Waals surface area contributed by atoms with Crippen molar-refractivity contribution in [3.05, 3.63) is 52.2 Å². The average Bonchev–Trinajstić information content (AvgIpc) is 3.29. The quantitative estimate of drug-likeness (QED) is 0.756. The number of anilines is 1. The third-order valence-electron chi connectivity index (χ3n) is 5.01. The van der Waals surface area contributed by atoms with Crippen LogP contribution in [0.5, 0.6) is 0 Å². The maximum Gasteiger partial charge on any atom is 0.267 e. The Balaban J connectivity index is 1.44. The second-order valence-corrected chi connectivity index (χ2v) is 6.70. The molecule has 1 saturated heterocycles. The second kappa shape index (κ2) is 6.14. The van der Waals surface area contributed by atoms with E-state index in [-0.39, 0.29) is 17.6 Å². The van der Waals surface area contributed by atoms with Crippen molar-refractivity contribution in [2.45, 2.75) is 31.3 Å². The number of ether oxygens (including phenoxy) is 1. The van der Waals surface area contributed by atoms with Gasteiger partial charge in [-0.3, -0.25) is 9.78 Å². The van der Waals surface area contributed by atoms with Gasteiger partial charge in [-0.2, -0.15) is 5.10 Å². The lowest BCUT2D eigenvalue weighted by molar-refractivity contribution is 0.182. The van der Waals surface area contributed by atoms with E-state index in [0.29, 0.717) is 24.7 Å². The number of nitrogens with one attached hydrogen (secondary N) is 1. The van der Waals surface area contributed by atoms with E-state index < -0.39 is 0 Å². The molecule has 2 unspecified atom stereocenters. The summed E-state index contributed by atoms with van der Waals surface area (Å²) in [6.07, 6.45) is 6.21. The Morgan fingerprint density at radius 3 is 3.04 bits per heavy atom. The van der Waals surface area contributed by atoms with E-state index in [9.17, 15) is 4.79 Å². The average molecular weight is 350 g/mol. The summed E-state index contributed by atoms with van der Waals surface area (Å²) < 4.78 is 7.22. The van der Waals surface area contributed by atoms with E-state index in [0.717, 1.165) is 36.0 Å². The molecule has 4 heterocycles. The number of pyridine rings is 1. The normalized spacial score (nSPS) is 21.8. The summed E-state index contributed by atoms with van der Waals surface area (Å²) in [6, 6.07) is 5.23. The van der Waals surface area contributed by atoms with Gasteiger partial charge in [-0.1, -0.05) is 0 Å². The number of hydrogen-bond acceptors (Lipinski definition) is 7. The van der Waals surface area contributed by atoms with E-state index in [2.05, 4.69) is 25.4 Å². The van der Waals surface area contributed by atoms with Gasteiger partial charge >= 0.3 is 0 Å². The van der Waals surface area contributed by atoms with Crippen LogP contribution in [0.2, 0.25) is 0 Å². The van der Waals surface area contributed by atoms with Gasteiger partial charge in [0.15, 0.2) is 5.65 Å². The van der Waals surface area contributed by atoms with Gasteiger partial charge in [0.25, 0.3) is 5.56 Å². The SMILES string of the molecule is O=c1cc2c(nn1C1COCC1Nc1ccc3nccnc3n1)CCC2. The topological polar surface area (TPSA) is 94.8 Å². The highest BCUT2D eigenvalue weighted by atomic mass is 16.5. The van der Waals surface area contributed by atoms with Gasteiger partial charge in [0.05, 0.1) is 24.9 Å². The van der Waals surface area contributed by atoms with Gasteiger partial charge in [0.2, 0.25) is 0 Å². The highest BCUT2D eigenvalue weighted by Crippen LogP contribution is 2.24. The van der Waals surface area contributed by atoms with Crippen molar-refractivity contribution < 1.29 is 4.74 Å². The fourth-order valence-corrected chi connectivity index (χ4v) is 3.70. The fraction of sp³-hybridized carbons (Fsp3) is 0.389. The summed E-state index contributed by atoms with van der Waals surface area (Å²) >= 11 is 0. The number of nitrogens with zero attached hydrogens (tertiary/aromatic N) is 5. The zero-order valence-electron chi connectivity index (χ0n) is 14.1. The van der Waals surface area contributed by atoms with Crippen molar-refractivity contribution in [2.75, 3.05) is 18.5 Å². The van der Waals surface area contributed by atoms with Crippen molar-refractivity contribution in [3.8, 4) is 0 Å². The van der Waals surface area contributed by atoms with Gasteiger partial charge in [-0.25, -0.2) is 14.6 Å². The maximum absolute atomic E-state index is 12.5. The minimum Gasteiger partial charge on any atom is -0.377 e. The zero-order valence-corrected chi connectivity index (χ0v) is 14.1. The molecule has 0 amide bonds. The number of aromatic nitrogens is 5. The molecule has 1 fully saturated rings. The third-order valence-corrected chi connectivity index (χ3v) is 5.01. The first-order valence-corrected chi connectivity index (χ1v) is 8.81. The molecule has 0 radical (unpaired) electrons. The van der Waals surface area contributed by atoms with Crippen LogP contribution in [0.25, 0.3) is 11.2 Å². The van der Waals surface area contributed by atoms with Crippen molar-refractivity contribution in [1.29, 1.82) is 0 Å². The first-order chi connectivity index (χ1) is 12.8. The van der Waals surface area contributed by atoms with E-state index in [1.165, 1.54) is 0 Å². The lowest BCUT2D eigenvalue weighted by Crippen LogP contribution is -2.38. The summed E-state index contributed by atoms with van der Waals surface area (Å²) in [4.78, 5) is 25.5. The lowest BCUT2D eigenvalue weighted by atomic mass is 10.1. The standard InChI is InChI=1S/C18H18N6O2/c25-17-8-11-2-1-3-12(11)23-24(17)15-10-26-9-14(15)21-16-5-4-13-18(22-16)20-7-6-19-13/h4-8,14-15H,1-3,9-10H2,(H,20,21,22). The van der Waals surface area contributed by atoms with Gasteiger partial charge < -0.3 is 10.1 Å². The lowest BCUT2D eigenvalue weighted by Gasteiger charge is -2.21. The Hall–Kier alpha value is -2.87. The Morgan fingerprint density at radius 1 is 1.15 bits per heavy atom. The predicted molar refractivity (Wildman–Crippen MR) is 95.1 cm³/mol. The number of rotatable bonds is 3. The summed E-state index contributed by atoms with van der Waals surface area (Å²) in [7, 11) is 0. The Bertz CT molecular complexity index is 1030. The van der Waals surface area contributed by atoms with Crippen molar-refractivity contribution >= 4 is 17.0 Å². The van der Waals surface area contributed by atoms with Crippen LogP contribution in [-0.2, 0) is 17.6 Å². The first kappa shape index (κ1) is 15.4. The summed E-state index contributed by atoms with van der Waals surface area (Å²) in [5.74, 6) is 0.688. The Labute approximate surface area is 149 Å². The molecular formula is C18H18N6O2. The van der Waals surface area contributed by atoms with Crippen molar-refractivity contribution in [1.82, 2.24) is 24.7 Å². The smallest absolute Gasteiger partial charge is 0.267 e. The molecule has 1 aliphatic carbocycles. The van der Waals surface area contributed by atoms with Crippen LogP contribution in [0.15, 0.2) is 35.4 Å². The minimum absolute atomic E-state index is 0.0645. The molecule has 0 spiro atoms. The molecule has 0 saturated carbocycles. The highest BCUT2D eigenvalue weighted by Gasteiger charge is 2.32. The molecule has 3 aromatic rings. The summed E-state index contributed by atoms with van der Waals surface area (Å²) in [5, 5.41) is 7.99. The zero-order chi connectivity index (χ0) is 17.5. The van der Waals surface area contributed by atoms with Crippen LogP contribution < -0.4 is 10.9 Å². The van der Waals surface area contributed by atoms with E-state index >= 15 is 0 Å². The van der Waals surface area contributed by atoms with Crippen LogP contribution >= 0.6 is 0 Å². The van der Waals surface area contributed by atoms with Gasteiger partial charge in [-0.05, 0) is 37.0 Å². The van der Waals surface area contributed by atoms with Crippen LogP contribution in [0.1, 0.15) is 23.7 Å². The van der Waals surface area contributed by atoms with Crippen molar-refractivity contribution in [2.24, 2.45) is 0 Å². The monoisotopic (exact) mass is 350 g/mol. The van der Waals surface area contributed by atoms with E-state index in [1.54, 1.807) is 23.1 Å². The van der Waals surface area contributed by atoms with E-state index in [1.807, 2.05) is 12.1 Å². The van der Waals surface area contributed by atoms with Gasteiger partial charge in [0, 0.05) is 18.5 Å². The van der Waals surface area contributed by atoms with Crippen LogP contribution in [0, 0.1) is 0 Å². The van der Waals surface area contributed by atoms with Gasteiger partial charge in [0.1, 0.15) is 17.4 Å². The Kier molecular flexibility index (Phi) is 3.63. The molecule has 1 aliphatic heterocycles. The second-order valence-electron chi connectivity index (χ2n) is 6.70. The van der Waals surface area contributed by atoms with Crippen LogP contribution in [-0.4, -0.2) is 44.0 Å². The summed E-state index contributed by atoms with van der Waals surface area (Å²) in [5.41, 5.74) is 3.39. The van der Waals surface area contributed by atoms with Crippen molar-refractivity contribution in [3.63, 3.8) is 0 Å². The molecule has 8 nitrogen and oxygen atoms in total. The molecule has 8 heteroatoms. The Morgan fingerprint density at radius 2 is 2.08 bits per heavy atom. The third kappa shape index (κ3) is 2.62. The summed E-state index contributed by atoms with van der Waals surface area (Å²) in [6.45, 7) is 0.951. The molecule has 2 atom stereocenters. The maximum atomic E-state index is 12.5. The molecular weight excluding hydrogens is 332 g/mol. The number of fused-ring (bicyclic) bond motifs is 2. The molecule has 0 bridgehead atoms. The van der Waals surface area contributed by atoms with Crippen LogP contribution in [0.4, 0.5) is 5.82 Å². The molecule has 132 valence electrons. The predicted octanol–water partition coefficient (Wildman–Crippen LogP) is 1.12. The molecule has 26 heavy (non-hydrogen) atoms. The van der Waals surface area contributed by atoms with E-state index in [4.69, 9.17) is 4.74 Å². The molecule has 5 rings (SSSR count). The first-order valence-electron chi connectivity index (χ1n) is 8.81. The highest BCUT2D eigenvalue weighted by molar-refractivity contribution is 5.71. The fourth-order valence-electron chi connectivity index (χ4n) is 3.70. The molecule has 0 aromatic carbocycles. The minimum atomic E-state index is -0.159. The number of hydrogen-bond donors (Lipinski definition) is 1. The largest absolute Gasteiger partial charge is 0.377 e. The van der Waals surface area contributed by atoms with Crippen LogP contribution in [0.3, 0.4) is 0 Å². The van der Waals surface area contributed by atoms with Gasteiger partial charge in [-0.15, -0.1) is 0 Å².